The molecular weight excluding hydrogens is 256 g/mol. The Balaban J connectivity index is 2.77. The van der Waals surface area contributed by atoms with Gasteiger partial charge in [0.1, 0.15) is 0 Å². The van der Waals surface area contributed by atoms with Crippen molar-refractivity contribution in [1.82, 2.24) is 0 Å². The Bertz CT molecular complexity index is 480. The minimum absolute atomic E-state index is 0.225. The highest BCUT2D eigenvalue weighted by atomic mass is 16.4. The summed E-state index contributed by atoms with van der Waals surface area (Å²) in [5, 5.41) is 11.9. The van der Waals surface area contributed by atoms with E-state index in [1.807, 2.05) is 6.92 Å². The number of benzene rings is 1. The highest BCUT2D eigenvalue weighted by Gasteiger charge is 2.29. The van der Waals surface area contributed by atoms with Gasteiger partial charge in [-0.25, -0.2) is 0 Å². The van der Waals surface area contributed by atoms with Crippen molar-refractivity contribution < 1.29 is 14.7 Å². The predicted molar refractivity (Wildman–Crippen MR) is 78.6 cm³/mol. The third-order valence-electron chi connectivity index (χ3n) is 3.35. The molecule has 0 fully saturated rings. The number of anilines is 1. The maximum Gasteiger partial charge on any atom is 0.313 e. The molecule has 0 saturated carbocycles. The van der Waals surface area contributed by atoms with Gasteiger partial charge < -0.3 is 16.2 Å². The van der Waals surface area contributed by atoms with Crippen molar-refractivity contribution in [3.8, 4) is 0 Å². The first kappa shape index (κ1) is 16.2. The Morgan fingerprint density at radius 3 is 2.30 bits per heavy atom. The molecule has 5 heteroatoms. The molecule has 1 atom stereocenters. The maximum atomic E-state index is 11.8. The van der Waals surface area contributed by atoms with Crippen LogP contribution in [0.3, 0.4) is 0 Å². The molecule has 110 valence electrons. The van der Waals surface area contributed by atoms with Crippen LogP contribution in [0.25, 0.3) is 0 Å². The number of carboxylic acids is 1. The minimum atomic E-state index is -0.957. The SMILES string of the molecule is CCCC(N)C(=O)Nc1ccc(C(C)(C)C(=O)O)cc1. The summed E-state index contributed by atoms with van der Waals surface area (Å²) in [6.45, 7) is 5.25. The molecule has 0 saturated heterocycles. The Morgan fingerprint density at radius 2 is 1.85 bits per heavy atom. The van der Waals surface area contributed by atoms with Crippen LogP contribution in [0.15, 0.2) is 24.3 Å². The number of nitrogens with two attached hydrogens (primary N) is 1. The zero-order valence-electron chi connectivity index (χ0n) is 12.1. The molecule has 0 bridgehead atoms. The Morgan fingerprint density at radius 1 is 1.30 bits per heavy atom. The molecule has 0 aromatic heterocycles. The van der Waals surface area contributed by atoms with Gasteiger partial charge in [0.2, 0.25) is 5.91 Å². The third-order valence-corrected chi connectivity index (χ3v) is 3.35. The molecular formula is C15H22N2O3. The highest BCUT2D eigenvalue weighted by molar-refractivity contribution is 5.94. The Labute approximate surface area is 119 Å². The number of hydrogen-bond acceptors (Lipinski definition) is 3. The first-order valence-electron chi connectivity index (χ1n) is 6.69. The van der Waals surface area contributed by atoms with E-state index < -0.39 is 17.4 Å². The fourth-order valence-electron chi connectivity index (χ4n) is 1.77. The van der Waals surface area contributed by atoms with E-state index in [0.29, 0.717) is 17.7 Å². The molecule has 1 aromatic rings. The average Bonchev–Trinajstić information content (AvgIpc) is 2.39. The van der Waals surface area contributed by atoms with Crippen LogP contribution >= 0.6 is 0 Å². The third kappa shape index (κ3) is 3.81. The van der Waals surface area contributed by atoms with Crippen LogP contribution in [0.4, 0.5) is 5.69 Å². The topological polar surface area (TPSA) is 92.4 Å². The molecule has 0 aliphatic rings. The Hall–Kier alpha value is -1.88. The number of carboxylic acid groups (broad SMARTS) is 1. The molecule has 1 aromatic carbocycles. The van der Waals surface area contributed by atoms with Crippen molar-refractivity contribution in [1.29, 1.82) is 0 Å². The van der Waals surface area contributed by atoms with Crippen molar-refractivity contribution >= 4 is 17.6 Å². The van der Waals surface area contributed by atoms with Gasteiger partial charge in [-0.15, -0.1) is 0 Å². The maximum absolute atomic E-state index is 11.8. The monoisotopic (exact) mass is 278 g/mol. The molecule has 0 aliphatic carbocycles. The molecule has 20 heavy (non-hydrogen) atoms. The zero-order valence-corrected chi connectivity index (χ0v) is 12.1. The largest absolute Gasteiger partial charge is 0.481 e. The van der Waals surface area contributed by atoms with E-state index in [1.54, 1.807) is 38.1 Å². The number of carbonyl (C=O) groups excluding carboxylic acids is 1. The van der Waals surface area contributed by atoms with Crippen LogP contribution in [0.2, 0.25) is 0 Å². The fraction of sp³-hybridized carbons (Fsp3) is 0.467. The second-order valence-electron chi connectivity index (χ2n) is 5.39. The summed E-state index contributed by atoms with van der Waals surface area (Å²) in [6.07, 6.45) is 1.48. The number of amides is 1. The zero-order chi connectivity index (χ0) is 15.3. The summed E-state index contributed by atoms with van der Waals surface area (Å²) in [7, 11) is 0. The molecule has 1 rings (SSSR count). The van der Waals surface area contributed by atoms with Crippen LogP contribution in [0.1, 0.15) is 39.2 Å². The summed E-state index contributed by atoms with van der Waals surface area (Å²) in [5.41, 5.74) is 6.07. The summed E-state index contributed by atoms with van der Waals surface area (Å²) < 4.78 is 0. The second kappa shape index (κ2) is 6.52. The van der Waals surface area contributed by atoms with Crippen molar-refractivity contribution in [3.63, 3.8) is 0 Å². The lowest BCUT2D eigenvalue weighted by Crippen LogP contribution is -2.35. The van der Waals surface area contributed by atoms with Gasteiger partial charge in [-0.2, -0.15) is 0 Å². The summed E-state index contributed by atoms with van der Waals surface area (Å²) in [6, 6.07) is 6.27. The first-order chi connectivity index (χ1) is 9.28. The fourth-order valence-corrected chi connectivity index (χ4v) is 1.77. The van der Waals surface area contributed by atoms with Crippen LogP contribution < -0.4 is 11.1 Å². The molecule has 1 amide bonds. The quantitative estimate of drug-likeness (QED) is 0.743. The van der Waals surface area contributed by atoms with Crippen molar-refractivity contribution in [2.75, 3.05) is 5.32 Å². The minimum Gasteiger partial charge on any atom is -0.481 e. The second-order valence-corrected chi connectivity index (χ2v) is 5.39. The van der Waals surface area contributed by atoms with E-state index in [2.05, 4.69) is 5.32 Å². The molecule has 0 heterocycles. The summed E-state index contributed by atoms with van der Waals surface area (Å²) in [5.74, 6) is -1.11. The lowest BCUT2D eigenvalue weighted by Gasteiger charge is -2.20. The molecule has 1 unspecified atom stereocenters. The molecule has 4 N–H and O–H groups in total. The smallest absolute Gasteiger partial charge is 0.313 e. The van der Waals surface area contributed by atoms with E-state index in [9.17, 15) is 9.59 Å². The van der Waals surface area contributed by atoms with E-state index in [4.69, 9.17) is 10.8 Å². The van der Waals surface area contributed by atoms with E-state index >= 15 is 0 Å². The van der Waals surface area contributed by atoms with Crippen LogP contribution in [0, 0.1) is 0 Å². The van der Waals surface area contributed by atoms with Gasteiger partial charge in [0.15, 0.2) is 0 Å². The van der Waals surface area contributed by atoms with Gasteiger partial charge in [0.05, 0.1) is 11.5 Å². The average molecular weight is 278 g/mol. The van der Waals surface area contributed by atoms with Crippen LogP contribution in [-0.2, 0) is 15.0 Å². The summed E-state index contributed by atoms with van der Waals surface area (Å²) in [4.78, 5) is 22.9. The lowest BCUT2D eigenvalue weighted by molar-refractivity contribution is -0.142. The number of carbonyl (C=O) groups is 2. The Kier molecular flexibility index (Phi) is 5.27. The predicted octanol–water partition coefficient (Wildman–Crippen LogP) is 2.11. The van der Waals surface area contributed by atoms with Gasteiger partial charge >= 0.3 is 5.97 Å². The number of hydrogen-bond donors (Lipinski definition) is 3. The molecule has 0 aliphatic heterocycles. The molecule has 0 radical (unpaired) electrons. The summed E-state index contributed by atoms with van der Waals surface area (Å²) >= 11 is 0. The molecule has 0 spiro atoms. The molecule has 5 nitrogen and oxygen atoms in total. The van der Waals surface area contributed by atoms with Gasteiger partial charge in [0.25, 0.3) is 0 Å². The van der Waals surface area contributed by atoms with Gasteiger partial charge in [-0.1, -0.05) is 25.5 Å². The number of aliphatic carboxylic acids is 1. The number of nitrogens with one attached hydrogen (secondary N) is 1. The van der Waals surface area contributed by atoms with Gasteiger partial charge in [-0.3, -0.25) is 9.59 Å². The number of rotatable bonds is 6. The van der Waals surface area contributed by atoms with Crippen molar-refractivity contribution in [2.45, 2.75) is 45.1 Å². The normalized spacial score (nSPS) is 12.8. The van der Waals surface area contributed by atoms with E-state index in [1.165, 1.54) is 0 Å². The van der Waals surface area contributed by atoms with Gasteiger partial charge in [0, 0.05) is 5.69 Å². The van der Waals surface area contributed by atoms with E-state index in [0.717, 1.165) is 6.42 Å². The first-order valence-corrected chi connectivity index (χ1v) is 6.69. The van der Waals surface area contributed by atoms with Crippen LogP contribution in [-0.4, -0.2) is 23.0 Å². The standard InChI is InChI=1S/C15H22N2O3/c1-4-5-12(16)13(18)17-11-8-6-10(7-9-11)15(2,3)14(19)20/h6-9,12H,4-5,16H2,1-3H3,(H,17,18)(H,19,20). The van der Waals surface area contributed by atoms with Crippen LogP contribution in [0.5, 0.6) is 0 Å². The van der Waals surface area contributed by atoms with Crippen molar-refractivity contribution in [3.05, 3.63) is 29.8 Å². The van der Waals surface area contributed by atoms with Gasteiger partial charge in [-0.05, 0) is 38.0 Å². The highest BCUT2D eigenvalue weighted by Crippen LogP contribution is 2.24. The lowest BCUT2D eigenvalue weighted by atomic mass is 9.85. The van der Waals surface area contributed by atoms with Crippen molar-refractivity contribution in [2.24, 2.45) is 5.73 Å². The van der Waals surface area contributed by atoms with E-state index in [-0.39, 0.29) is 5.91 Å².